The average Bonchev–Trinajstić information content (AvgIpc) is 3.36. The lowest BCUT2D eigenvalue weighted by atomic mass is 9.98. The van der Waals surface area contributed by atoms with E-state index in [-0.39, 0.29) is 17.4 Å². The van der Waals surface area contributed by atoms with Crippen LogP contribution in [0, 0.1) is 5.92 Å². The maximum atomic E-state index is 13.1. The first-order valence-corrected chi connectivity index (χ1v) is 7.93. The zero-order valence-electron chi connectivity index (χ0n) is 14.0. The number of anilines is 1. The topological polar surface area (TPSA) is 47.6 Å². The molecule has 134 valence electrons. The number of nitrogens with one attached hydrogen (secondary N) is 1. The van der Waals surface area contributed by atoms with Gasteiger partial charge in [0, 0.05) is 12.3 Å². The molecule has 1 saturated carbocycles. The molecule has 0 spiro atoms. The van der Waals surface area contributed by atoms with E-state index < -0.39 is 23.2 Å². The molecule has 0 unspecified atom stereocenters. The Kier molecular flexibility index (Phi) is 5.42. The molecule has 1 atom stereocenters. The summed E-state index contributed by atoms with van der Waals surface area (Å²) >= 11 is 0. The minimum Gasteiger partial charge on any atom is -0.496 e. The van der Waals surface area contributed by atoms with E-state index in [4.69, 9.17) is 9.47 Å². The number of rotatable bonds is 7. The summed E-state index contributed by atoms with van der Waals surface area (Å²) in [6, 6.07) is 3.46. The lowest BCUT2D eigenvalue weighted by Crippen LogP contribution is -2.45. The molecule has 1 N–H and O–H groups in total. The summed E-state index contributed by atoms with van der Waals surface area (Å²) in [5, 5.41) is 2.56. The van der Waals surface area contributed by atoms with Crippen LogP contribution in [0.5, 0.6) is 5.75 Å². The number of halogens is 3. The Morgan fingerprint density at radius 1 is 1.33 bits per heavy atom. The summed E-state index contributed by atoms with van der Waals surface area (Å²) in [4.78, 5) is 12.6. The number of carbonyl (C=O) groups excluding carboxylic acids is 1. The monoisotopic (exact) mass is 345 g/mol. The zero-order chi connectivity index (χ0) is 18.0. The molecule has 0 heterocycles. The largest absolute Gasteiger partial charge is 0.496 e. The molecule has 2 rings (SSSR count). The summed E-state index contributed by atoms with van der Waals surface area (Å²) in [6.45, 7) is 4.06. The minimum atomic E-state index is -4.56. The fraction of sp³-hybridized carbons (Fsp3) is 0.588. The molecular formula is C17H22F3NO3. The fourth-order valence-corrected chi connectivity index (χ4v) is 2.58. The molecule has 1 aliphatic carbocycles. The predicted molar refractivity (Wildman–Crippen MR) is 84.0 cm³/mol. The third-order valence-corrected chi connectivity index (χ3v) is 4.18. The second-order valence-electron chi connectivity index (χ2n) is 6.10. The van der Waals surface area contributed by atoms with Gasteiger partial charge in [-0.25, -0.2) is 0 Å². The highest BCUT2D eigenvalue weighted by atomic mass is 19.4. The van der Waals surface area contributed by atoms with Crippen LogP contribution in [0.4, 0.5) is 18.9 Å². The Morgan fingerprint density at radius 2 is 2.00 bits per heavy atom. The fourth-order valence-electron chi connectivity index (χ4n) is 2.58. The third-order valence-electron chi connectivity index (χ3n) is 4.18. The molecule has 1 amide bonds. The highest BCUT2D eigenvalue weighted by Gasteiger charge is 2.48. The SMILES string of the molecule is CCCO[C@](C)(C(=O)Nc1ccc(OC)c(C(F)(F)F)c1)C1CC1. The average molecular weight is 345 g/mol. The van der Waals surface area contributed by atoms with Crippen molar-refractivity contribution < 1.29 is 27.4 Å². The van der Waals surface area contributed by atoms with Crippen LogP contribution in [-0.2, 0) is 15.7 Å². The maximum absolute atomic E-state index is 13.1. The van der Waals surface area contributed by atoms with Crippen molar-refractivity contribution in [1.82, 2.24) is 0 Å². The van der Waals surface area contributed by atoms with Gasteiger partial charge in [-0.05, 0) is 50.3 Å². The molecule has 0 radical (unpaired) electrons. The van der Waals surface area contributed by atoms with Gasteiger partial charge in [-0.15, -0.1) is 0 Å². The second-order valence-corrected chi connectivity index (χ2v) is 6.10. The van der Waals surface area contributed by atoms with E-state index >= 15 is 0 Å². The summed E-state index contributed by atoms with van der Waals surface area (Å²) < 4.78 is 49.7. The van der Waals surface area contributed by atoms with E-state index in [1.807, 2.05) is 6.92 Å². The Bertz CT molecular complexity index is 599. The molecule has 0 aliphatic heterocycles. The molecule has 4 nitrogen and oxygen atoms in total. The van der Waals surface area contributed by atoms with Crippen molar-refractivity contribution in [2.75, 3.05) is 19.0 Å². The van der Waals surface area contributed by atoms with Crippen LogP contribution < -0.4 is 10.1 Å². The van der Waals surface area contributed by atoms with Crippen molar-refractivity contribution >= 4 is 11.6 Å². The summed E-state index contributed by atoms with van der Waals surface area (Å²) in [5.74, 6) is -0.603. The summed E-state index contributed by atoms with van der Waals surface area (Å²) in [6.07, 6.45) is -2.05. The van der Waals surface area contributed by atoms with Gasteiger partial charge in [-0.1, -0.05) is 6.92 Å². The Labute approximate surface area is 139 Å². The van der Waals surface area contributed by atoms with E-state index in [1.165, 1.54) is 19.2 Å². The lowest BCUT2D eigenvalue weighted by molar-refractivity contribution is -0.142. The number of hydrogen-bond acceptors (Lipinski definition) is 3. The Hall–Kier alpha value is -1.76. The van der Waals surface area contributed by atoms with Crippen LogP contribution in [0.15, 0.2) is 18.2 Å². The van der Waals surface area contributed by atoms with Crippen LogP contribution >= 0.6 is 0 Å². The standard InChI is InChI=1S/C17H22F3NO3/c1-4-9-24-16(2,11-5-6-11)15(22)21-12-7-8-14(23-3)13(10-12)17(18,19)20/h7-8,10-11H,4-6,9H2,1-3H3,(H,21,22)/t16-/m0/s1. The molecule has 7 heteroatoms. The van der Waals surface area contributed by atoms with E-state index in [1.54, 1.807) is 6.92 Å². The van der Waals surface area contributed by atoms with E-state index in [2.05, 4.69) is 5.32 Å². The number of methoxy groups -OCH3 is 1. The molecule has 0 saturated heterocycles. The molecule has 0 bridgehead atoms. The number of amides is 1. The molecule has 1 aromatic carbocycles. The van der Waals surface area contributed by atoms with Crippen molar-refractivity contribution in [1.29, 1.82) is 0 Å². The molecule has 1 aliphatic rings. The first-order valence-electron chi connectivity index (χ1n) is 7.93. The number of ether oxygens (including phenoxy) is 2. The number of alkyl halides is 3. The van der Waals surface area contributed by atoms with E-state index in [0.717, 1.165) is 25.3 Å². The Balaban J connectivity index is 2.21. The number of carbonyl (C=O) groups is 1. The van der Waals surface area contributed by atoms with Crippen molar-refractivity contribution in [2.45, 2.75) is 44.9 Å². The normalized spacial score (nSPS) is 17.2. The van der Waals surface area contributed by atoms with Gasteiger partial charge >= 0.3 is 6.18 Å². The van der Waals surface area contributed by atoms with Crippen LogP contribution in [0.2, 0.25) is 0 Å². The number of benzene rings is 1. The van der Waals surface area contributed by atoms with Gasteiger partial charge in [0.1, 0.15) is 11.4 Å². The Morgan fingerprint density at radius 3 is 2.50 bits per heavy atom. The van der Waals surface area contributed by atoms with Gasteiger partial charge in [0.25, 0.3) is 5.91 Å². The summed E-state index contributed by atoms with van der Waals surface area (Å²) in [5.41, 5.74) is -1.88. The zero-order valence-corrected chi connectivity index (χ0v) is 14.0. The maximum Gasteiger partial charge on any atom is 0.420 e. The van der Waals surface area contributed by atoms with Crippen LogP contribution in [0.3, 0.4) is 0 Å². The van der Waals surface area contributed by atoms with Crippen LogP contribution in [0.25, 0.3) is 0 Å². The second kappa shape index (κ2) is 7.01. The van der Waals surface area contributed by atoms with Crippen LogP contribution in [0.1, 0.15) is 38.7 Å². The van der Waals surface area contributed by atoms with Gasteiger partial charge in [0.15, 0.2) is 0 Å². The highest BCUT2D eigenvalue weighted by Crippen LogP contribution is 2.43. The quantitative estimate of drug-likeness (QED) is 0.804. The van der Waals surface area contributed by atoms with Crippen molar-refractivity contribution in [3.05, 3.63) is 23.8 Å². The molecular weight excluding hydrogens is 323 g/mol. The molecule has 24 heavy (non-hydrogen) atoms. The number of hydrogen-bond donors (Lipinski definition) is 1. The minimum absolute atomic E-state index is 0.0695. The van der Waals surface area contributed by atoms with Crippen molar-refractivity contribution in [3.8, 4) is 5.75 Å². The smallest absolute Gasteiger partial charge is 0.420 e. The van der Waals surface area contributed by atoms with Gasteiger partial charge in [-0.2, -0.15) is 13.2 Å². The molecule has 0 aromatic heterocycles. The predicted octanol–water partition coefficient (Wildman–Crippen LogP) is 4.25. The van der Waals surface area contributed by atoms with Gasteiger partial charge in [0.2, 0.25) is 0 Å². The lowest BCUT2D eigenvalue weighted by Gasteiger charge is -2.29. The van der Waals surface area contributed by atoms with Gasteiger partial charge in [0.05, 0.1) is 12.7 Å². The highest BCUT2D eigenvalue weighted by molar-refractivity contribution is 5.97. The molecule has 1 aromatic rings. The third kappa shape index (κ3) is 4.01. The summed E-state index contributed by atoms with van der Waals surface area (Å²) in [7, 11) is 1.17. The first-order chi connectivity index (χ1) is 11.2. The van der Waals surface area contributed by atoms with Crippen molar-refractivity contribution in [3.63, 3.8) is 0 Å². The molecule has 1 fully saturated rings. The van der Waals surface area contributed by atoms with Crippen LogP contribution in [-0.4, -0.2) is 25.2 Å². The first kappa shape index (κ1) is 18.6. The van der Waals surface area contributed by atoms with Crippen molar-refractivity contribution in [2.24, 2.45) is 5.92 Å². The van der Waals surface area contributed by atoms with Gasteiger partial charge in [-0.3, -0.25) is 4.79 Å². The van der Waals surface area contributed by atoms with Gasteiger partial charge < -0.3 is 14.8 Å². The van der Waals surface area contributed by atoms with E-state index in [9.17, 15) is 18.0 Å². The van der Waals surface area contributed by atoms with E-state index in [0.29, 0.717) is 6.61 Å².